The number of piperazine rings is 1. The van der Waals surface area contributed by atoms with Crippen molar-refractivity contribution in [2.75, 3.05) is 31.1 Å². The molecule has 2 N–H and O–H groups in total. The van der Waals surface area contributed by atoms with Crippen LogP contribution in [0.25, 0.3) is 0 Å². The molecule has 1 saturated heterocycles. The van der Waals surface area contributed by atoms with Crippen LogP contribution in [0.3, 0.4) is 0 Å². The summed E-state index contributed by atoms with van der Waals surface area (Å²) in [6.07, 6.45) is 3.61. The molecule has 6 heteroatoms. The van der Waals surface area contributed by atoms with Gasteiger partial charge < -0.3 is 10.6 Å². The molecule has 0 spiro atoms. The number of hydrogen-bond acceptors (Lipinski definition) is 6. The van der Waals surface area contributed by atoms with E-state index in [4.69, 9.17) is 5.73 Å². The predicted octanol–water partition coefficient (Wildman–Crippen LogP) is 1.63. The third-order valence-corrected chi connectivity index (χ3v) is 4.99. The van der Waals surface area contributed by atoms with E-state index < -0.39 is 0 Å². The van der Waals surface area contributed by atoms with Crippen molar-refractivity contribution < 1.29 is 0 Å². The van der Waals surface area contributed by atoms with E-state index in [9.17, 15) is 0 Å². The number of hydrogen-bond donors (Lipinski definition) is 1. The number of thiophene rings is 1. The summed E-state index contributed by atoms with van der Waals surface area (Å²) in [5.41, 5.74) is 7.15. The Morgan fingerprint density at radius 2 is 1.90 bits per heavy atom. The summed E-state index contributed by atoms with van der Waals surface area (Å²) in [4.78, 5) is 16.1. The Hall–Kier alpha value is -1.50. The predicted molar refractivity (Wildman–Crippen MR) is 86.5 cm³/mol. The van der Waals surface area contributed by atoms with E-state index in [1.165, 1.54) is 15.3 Å². The van der Waals surface area contributed by atoms with Gasteiger partial charge in [-0.15, -0.1) is 11.3 Å². The van der Waals surface area contributed by atoms with Gasteiger partial charge in [0.2, 0.25) is 5.95 Å². The van der Waals surface area contributed by atoms with Crippen LogP contribution in [-0.2, 0) is 13.1 Å². The third-order valence-electron chi connectivity index (χ3n) is 3.87. The topological polar surface area (TPSA) is 58.3 Å². The van der Waals surface area contributed by atoms with Gasteiger partial charge in [-0.3, -0.25) is 4.90 Å². The van der Waals surface area contributed by atoms with Crippen molar-refractivity contribution in [3.63, 3.8) is 0 Å². The van der Waals surface area contributed by atoms with Crippen LogP contribution in [0.4, 0.5) is 5.95 Å². The van der Waals surface area contributed by atoms with Gasteiger partial charge in [0, 0.05) is 61.4 Å². The van der Waals surface area contributed by atoms with Crippen molar-refractivity contribution in [1.29, 1.82) is 0 Å². The summed E-state index contributed by atoms with van der Waals surface area (Å²) in [7, 11) is 0. The largest absolute Gasteiger partial charge is 0.338 e. The zero-order chi connectivity index (χ0) is 14.7. The maximum absolute atomic E-state index is 5.72. The quantitative estimate of drug-likeness (QED) is 0.930. The zero-order valence-electron chi connectivity index (χ0n) is 12.3. The molecule has 3 rings (SSSR count). The van der Waals surface area contributed by atoms with E-state index in [-0.39, 0.29) is 0 Å². The fourth-order valence-corrected chi connectivity index (χ4v) is 3.58. The number of aryl methyl sites for hydroxylation is 1. The Morgan fingerprint density at radius 1 is 1.19 bits per heavy atom. The maximum atomic E-state index is 5.72. The molecule has 0 aromatic carbocycles. The Kier molecular flexibility index (Phi) is 4.48. The maximum Gasteiger partial charge on any atom is 0.225 e. The van der Waals surface area contributed by atoms with Gasteiger partial charge in [-0.2, -0.15) is 0 Å². The second-order valence-corrected chi connectivity index (χ2v) is 6.65. The lowest BCUT2D eigenvalue weighted by Crippen LogP contribution is -2.46. The molecular weight excluding hydrogens is 282 g/mol. The van der Waals surface area contributed by atoms with Crippen LogP contribution in [0.1, 0.15) is 15.3 Å². The van der Waals surface area contributed by atoms with Crippen molar-refractivity contribution in [1.82, 2.24) is 14.9 Å². The number of anilines is 1. The highest BCUT2D eigenvalue weighted by Gasteiger charge is 2.19. The number of nitrogens with two attached hydrogens (primary N) is 1. The Morgan fingerprint density at radius 3 is 2.52 bits per heavy atom. The lowest BCUT2D eigenvalue weighted by molar-refractivity contribution is 0.248. The molecule has 21 heavy (non-hydrogen) atoms. The van der Waals surface area contributed by atoms with Gasteiger partial charge in [0.15, 0.2) is 0 Å². The monoisotopic (exact) mass is 303 g/mol. The normalized spacial score (nSPS) is 16.4. The molecule has 1 aliphatic heterocycles. The van der Waals surface area contributed by atoms with E-state index in [1.54, 1.807) is 12.4 Å². The molecule has 0 bridgehead atoms. The highest BCUT2D eigenvalue weighted by atomic mass is 32.1. The van der Waals surface area contributed by atoms with Crippen LogP contribution in [0, 0.1) is 6.92 Å². The molecule has 0 saturated carbocycles. The second-order valence-electron chi connectivity index (χ2n) is 5.31. The number of nitrogens with zero attached hydrogens (tertiary/aromatic N) is 4. The smallest absolute Gasteiger partial charge is 0.225 e. The van der Waals surface area contributed by atoms with E-state index in [2.05, 4.69) is 32.8 Å². The molecule has 1 aliphatic rings. The minimum absolute atomic E-state index is 0.643. The highest BCUT2D eigenvalue weighted by Crippen LogP contribution is 2.23. The summed E-state index contributed by atoms with van der Waals surface area (Å²) >= 11 is 1.82. The van der Waals surface area contributed by atoms with E-state index in [1.807, 2.05) is 17.4 Å². The van der Waals surface area contributed by atoms with Gasteiger partial charge in [-0.05, 0) is 24.6 Å². The van der Waals surface area contributed by atoms with E-state index >= 15 is 0 Å². The molecule has 2 aromatic rings. The van der Waals surface area contributed by atoms with E-state index in [0.717, 1.165) is 38.7 Å². The van der Waals surface area contributed by atoms with Crippen LogP contribution < -0.4 is 10.6 Å². The number of aromatic nitrogens is 2. The van der Waals surface area contributed by atoms with Gasteiger partial charge in [0.05, 0.1) is 0 Å². The van der Waals surface area contributed by atoms with Crippen molar-refractivity contribution in [2.24, 2.45) is 5.73 Å². The highest BCUT2D eigenvalue weighted by molar-refractivity contribution is 7.12. The van der Waals surface area contributed by atoms with Crippen LogP contribution in [0.2, 0.25) is 0 Å². The van der Waals surface area contributed by atoms with Crippen LogP contribution >= 0.6 is 11.3 Å². The Labute approximate surface area is 129 Å². The van der Waals surface area contributed by atoms with Gasteiger partial charge >= 0.3 is 0 Å². The van der Waals surface area contributed by atoms with Gasteiger partial charge in [-0.1, -0.05) is 0 Å². The summed E-state index contributed by atoms with van der Waals surface area (Å²) in [6, 6.07) is 4.11. The zero-order valence-corrected chi connectivity index (χ0v) is 13.1. The first-order valence-electron chi connectivity index (χ1n) is 7.29. The van der Waals surface area contributed by atoms with Gasteiger partial charge in [0.25, 0.3) is 0 Å². The fraction of sp³-hybridized carbons (Fsp3) is 0.467. The summed E-state index contributed by atoms with van der Waals surface area (Å²) in [6.45, 7) is 7.91. The molecule has 3 heterocycles. The van der Waals surface area contributed by atoms with Crippen molar-refractivity contribution in [2.45, 2.75) is 20.0 Å². The molecule has 2 aromatic heterocycles. The number of rotatable bonds is 4. The molecular formula is C15H21N5S. The molecule has 5 nitrogen and oxygen atoms in total. The van der Waals surface area contributed by atoms with Crippen LogP contribution in [-0.4, -0.2) is 41.0 Å². The molecule has 0 unspecified atom stereocenters. The average molecular weight is 303 g/mol. The molecule has 0 amide bonds. The van der Waals surface area contributed by atoms with Crippen LogP contribution in [0.5, 0.6) is 0 Å². The SMILES string of the molecule is Cc1sc(CN)cc1CN1CCN(c2ncccn2)CC1. The standard InChI is InChI=1S/C15H21N5S/c1-12-13(9-14(10-16)21-12)11-19-5-7-20(8-6-19)15-17-3-2-4-18-15/h2-4,9H,5-8,10-11,16H2,1H3. The molecule has 112 valence electrons. The van der Waals surface area contributed by atoms with E-state index in [0.29, 0.717) is 6.54 Å². The lowest BCUT2D eigenvalue weighted by Gasteiger charge is -2.34. The molecule has 1 fully saturated rings. The minimum atomic E-state index is 0.643. The first-order chi connectivity index (χ1) is 10.3. The third kappa shape index (κ3) is 3.40. The molecule has 0 aliphatic carbocycles. The summed E-state index contributed by atoms with van der Waals surface area (Å²) in [5, 5.41) is 0. The van der Waals surface area contributed by atoms with Crippen molar-refractivity contribution >= 4 is 17.3 Å². The first-order valence-corrected chi connectivity index (χ1v) is 8.10. The lowest BCUT2D eigenvalue weighted by atomic mass is 10.2. The first kappa shape index (κ1) is 14.4. The van der Waals surface area contributed by atoms with Crippen LogP contribution in [0.15, 0.2) is 24.5 Å². The van der Waals surface area contributed by atoms with Crippen molar-refractivity contribution in [3.05, 3.63) is 39.8 Å². The van der Waals surface area contributed by atoms with Gasteiger partial charge in [0.1, 0.15) is 0 Å². The van der Waals surface area contributed by atoms with Crippen molar-refractivity contribution in [3.8, 4) is 0 Å². The summed E-state index contributed by atoms with van der Waals surface area (Å²) < 4.78 is 0. The van der Waals surface area contributed by atoms with Gasteiger partial charge in [-0.25, -0.2) is 9.97 Å². The second kappa shape index (κ2) is 6.51. The molecule has 0 radical (unpaired) electrons. The Bertz CT molecular complexity index is 575. The average Bonchev–Trinajstić information content (AvgIpc) is 2.89. The fourth-order valence-electron chi connectivity index (χ4n) is 2.65. The minimum Gasteiger partial charge on any atom is -0.338 e. The Balaban J connectivity index is 1.57. The summed E-state index contributed by atoms with van der Waals surface area (Å²) in [5.74, 6) is 0.842. The molecule has 0 atom stereocenters.